The van der Waals surface area contributed by atoms with E-state index < -0.39 is 16.4 Å². The van der Waals surface area contributed by atoms with E-state index in [1.807, 2.05) is 0 Å². The van der Waals surface area contributed by atoms with E-state index in [0.717, 1.165) is 0 Å². The first kappa shape index (κ1) is 13.7. The van der Waals surface area contributed by atoms with Crippen molar-refractivity contribution in [2.24, 2.45) is 0 Å². The third-order valence-corrected chi connectivity index (χ3v) is 0.770. The average Bonchev–Trinajstić information content (AvgIpc) is 1.82. The average molecular weight is 198 g/mol. The zero-order chi connectivity index (χ0) is 10.4. The van der Waals surface area contributed by atoms with Crippen LogP contribution in [0.25, 0.3) is 0 Å². The highest BCUT2D eigenvalue weighted by molar-refractivity contribution is 7.79. The summed E-state index contributed by atoms with van der Waals surface area (Å²) in [7, 11) is -4.67. The molecule has 0 saturated carbocycles. The Morgan fingerprint density at radius 2 is 1.58 bits per heavy atom. The van der Waals surface area contributed by atoms with E-state index >= 15 is 0 Å². The zero-order valence-electron chi connectivity index (χ0n) is 6.55. The normalized spacial score (nSPS) is 11.5. The van der Waals surface area contributed by atoms with Gasteiger partial charge in [0.15, 0.2) is 0 Å². The smallest absolute Gasteiger partial charge is 0.394 e. The van der Waals surface area contributed by atoms with E-state index in [4.69, 9.17) is 22.6 Å². The van der Waals surface area contributed by atoms with Gasteiger partial charge in [0.05, 0.1) is 0 Å². The summed E-state index contributed by atoms with van der Waals surface area (Å²) in [6.07, 6.45) is 1.56. The second-order valence-corrected chi connectivity index (χ2v) is 2.62. The maximum absolute atomic E-state index is 9.86. The van der Waals surface area contributed by atoms with Crippen LogP contribution >= 0.6 is 0 Å². The first-order chi connectivity index (χ1) is 5.18. The van der Waals surface area contributed by atoms with Gasteiger partial charge in [-0.25, -0.2) is 4.79 Å². The lowest BCUT2D eigenvalue weighted by Gasteiger charge is -1.84. The summed E-state index contributed by atoms with van der Waals surface area (Å²) >= 11 is 0. The fourth-order valence-electron chi connectivity index (χ4n) is 0.123. The minimum atomic E-state index is -4.67. The number of carboxylic acid groups (broad SMARTS) is 1. The van der Waals surface area contributed by atoms with Gasteiger partial charge in [-0.05, 0) is 13.8 Å². The highest BCUT2D eigenvalue weighted by Gasteiger charge is 1.93. The molecule has 0 saturated heterocycles. The Bertz CT molecular complexity index is 254. The van der Waals surface area contributed by atoms with Gasteiger partial charge in [0.1, 0.15) is 0 Å². The fourth-order valence-corrected chi connectivity index (χ4v) is 0.123. The molecule has 0 aromatic carbocycles. The van der Waals surface area contributed by atoms with Gasteiger partial charge in [0.2, 0.25) is 0 Å². The predicted molar refractivity (Wildman–Crippen MR) is 41.2 cm³/mol. The van der Waals surface area contributed by atoms with Crippen LogP contribution in [0, 0.1) is 0 Å². The summed E-state index contributed by atoms with van der Waals surface area (Å²) in [5, 5.41) is 8.11. The maximum atomic E-state index is 9.86. The third-order valence-electron chi connectivity index (χ3n) is 0.770. The molecule has 0 bridgehead atoms. The Hall–Kier alpha value is -0.920. The summed E-state index contributed by atoms with van der Waals surface area (Å²) in [4.78, 5) is 9.86. The third kappa shape index (κ3) is 23.0. The molecule has 0 aromatic heterocycles. The molecule has 0 atom stereocenters. The largest absolute Gasteiger partial charge is 0.478 e. The van der Waals surface area contributed by atoms with E-state index in [9.17, 15) is 4.79 Å². The summed E-state index contributed by atoms with van der Waals surface area (Å²) in [5.41, 5.74) is 0.389. The van der Waals surface area contributed by atoms with Crippen molar-refractivity contribution in [1.29, 1.82) is 0 Å². The first-order valence-electron chi connectivity index (χ1n) is 2.74. The van der Waals surface area contributed by atoms with Gasteiger partial charge in [-0.2, -0.15) is 8.42 Å². The lowest BCUT2D eigenvalue weighted by molar-refractivity contribution is -0.132. The van der Waals surface area contributed by atoms with Crippen LogP contribution in [0.1, 0.15) is 13.8 Å². The molecular weight excluding hydrogens is 188 g/mol. The predicted octanol–water partition coefficient (Wildman–Crippen LogP) is 0.384. The molecular formula is C5H10O6S. The van der Waals surface area contributed by atoms with Crippen LogP contribution in [-0.2, 0) is 15.2 Å². The Kier molecular flexibility index (Phi) is 6.48. The molecule has 0 aliphatic carbocycles. The second kappa shape index (κ2) is 5.70. The van der Waals surface area contributed by atoms with Crippen LogP contribution in [0.2, 0.25) is 0 Å². The quantitative estimate of drug-likeness (QED) is 0.415. The molecule has 72 valence electrons. The van der Waals surface area contributed by atoms with Crippen molar-refractivity contribution in [3.05, 3.63) is 11.6 Å². The van der Waals surface area contributed by atoms with Gasteiger partial charge in [0, 0.05) is 5.57 Å². The molecule has 0 spiro atoms. The lowest BCUT2D eigenvalue weighted by Crippen LogP contribution is -1.93. The standard InChI is InChI=1S/C5H8O2.H2O4S/c1-3-4(2)5(6)7;1-5(2,3)4/h3H,1-2H3,(H,6,7);(H2,1,2,3,4). The molecule has 0 rings (SSSR count). The molecule has 7 heteroatoms. The van der Waals surface area contributed by atoms with Crippen LogP contribution in [0.15, 0.2) is 11.6 Å². The molecule has 0 heterocycles. The second-order valence-electron chi connectivity index (χ2n) is 1.72. The van der Waals surface area contributed by atoms with Gasteiger partial charge in [-0.1, -0.05) is 6.08 Å². The van der Waals surface area contributed by atoms with Crippen molar-refractivity contribution < 1.29 is 27.4 Å². The van der Waals surface area contributed by atoms with E-state index in [2.05, 4.69) is 0 Å². The van der Waals surface area contributed by atoms with E-state index in [-0.39, 0.29) is 0 Å². The SMILES string of the molecule is CC=C(C)C(=O)O.O=S(=O)(O)O. The van der Waals surface area contributed by atoms with Gasteiger partial charge in [-0.3, -0.25) is 9.11 Å². The van der Waals surface area contributed by atoms with Crippen molar-refractivity contribution in [3.63, 3.8) is 0 Å². The van der Waals surface area contributed by atoms with Crippen LogP contribution in [-0.4, -0.2) is 28.6 Å². The molecule has 0 radical (unpaired) electrons. The van der Waals surface area contributed by atoms with Crippen molar-refractivity contribution in [2.75, 3.05) is 0 Å². The van der Waals surface area contributed by atoms with Crippen LogP contribution in [0.4, 0.5) is 0 Å². The molecule has 0 aliphatic heterocycles. The fraction of sp³-hybridized carbons (Fsp3) is 0.400. The van der Waals surface area contributed by atoms with Gasteiger partial charge >= 0.3 is 16.4 Å². The minimum Gasteiger partial charge on any atom is -0.478 e. The number of aliphatic carboxylic acids is 1. The molecule has 6 nitrogen and oxygen atoms in total. The van der Waals surface area contributed by atoms with E-state index in [0.29, 0.717) is 5.57 Å². The van der Waals surface area contributed by atoms with Crippen molar-refractivity contribution in [2.45, 2.75) is 13.8 Å². The van der Waals surface area contributed by atoms with Gasteiger partial charge in [-0.15, -0.1) is 0 Å². The number of carboxylic acids is 1. The van der Waals surface area contributed by atoms with Crippen LogP contribution in [0.3, 0.4) is 0 Å². The molecule has 0 aromatic rings. The van der Waals surface area contributed by atoms with Crippen LogP contribution < -0.4 is 0 Å². The molecule has 0 fully saturated rings. The summed E-state index contributed by atoms with van der Waals surface area (Å²) in [6, 6.07) is 0. The molecule has 0 aliphatic rings. The number of hydrogen-bond acceptors (Lipinski definition) is 3. The van der Waals surface area contributed by atoms with Crippen molar-refractivity contribution >= 4 is 16.4 Å². The lowest BCUT2D eigenvalue weighted by atomic mass is 10.3. The number of rotatable bonds is 1. The highest BCUT2D eigenvalue weighted by Crippen LogP contribution is 1.87. The Balaban J connectivity index is 0. The van der Waals surface area contributed by atoms with Crippen molar-refractivity contribution in [3.8, 4) is 0 Å². The molecule has 0 amide bonds. The van der Waals surface area contributed by atoms with E-state index in [1.165, 1.54) is 0 Å². The molecule has 12 heavy (non-hydrogen) atoms. The number of allylic oxidation sites excluding steroid dienone is 1. The first-order valence-corrected chi connectivity index (χ1v) is 4.14. The zero-order valence-corrected chi connectivity index (χ0v) is 7.37. The Labute approximate surface area is 70.1 Å². The Morgan fingerprint density at radius 3 is 1.58 bits per heavy atom. The monoisotopic (exact) mass is 198 g/mol. The van der Waals surface area contributed by atoms with Crippen LogP contribution in [0.5, 0.6) is 0 Å². The Morgan fingerprint density at radius 1 is 1.33 bits per heavy atom. The van der Waals surface area contributed by atoms with Gasteiger partial charge in [0.25, 0.3) is 0 Å². The maximum Gasteiger partial charge on any atom is 0.394 e. The number of carbonyl (C=O) groups is 1. The van der Waals surface area contributed by atoms with Gasteiger partial charge < -0.3 is 5.11 Å². The summed E-state index contributed by atoms with van der Waals surface area (Å²) in [6.45, 7) is 3.26. The summed E-state index contributed by atoms with van der Waals surface area (Å²) < 4.78 is 31.6. The summed E-state index contributed by atoms with van der Waals surface area (Å²) in [5.74, 6) is -0.845. The molecule has 0 unspecified atom stereocenters. The minimum absolute atomic E-state index is 0.389. The number of hydrogen-bond donors (Lipinski definition) is 3. The topological polar surface area (TPSA) is 112 Å². The highest BCUT2D eigenvalue weighted by atomic mass is 32.3. The van der Waals surface area contributed by atoms with Crippen molar-refractivity contribution in [1.82, 2.24) is 0 Å². The van der Waals surface area contributed by atoms with E-state index in [1.54, 1.807) is 19.9 Å². The molecule has 3 N–H and O–H groups in total.